The third kappa shape index (κ3) is 4.65. The molecular weight excluding hydrogens is 215 g/mol. The summed E-state index contributed by atoms with van der Waals surface area (Å²) in [5.74, 6) is 0. The lowest BCUT2D eigenvalue weighted by molar-refractivity contribution is 0.274. The summed E-state index contributed by atoms with van der Waals surface area (Å²) in [4.78, 5) is 11.5. The quantitative estimate of drug-likeness (QED) is 0.613. The van der Waals surface area contributed by atoms with Crippen molar-refractivity contribution in [1.82, 2.24) is 0 Å². The van der Waals surface area contributed by atoms with E-state index in [9.17, 15) is 9.36 Å². The van der Waals surface area contributed by atoms with Gasteiger partial charge in [0.25, 0.3) is 0 Å². The van der Waals surface area contributed by atoms with Gasteiger partial charge in [0, 0.05) is 12.3 Å². The number of unbranched alkanes of at least 4 members (excludes halogenated alkanes) is 2. The van der Waals surface area contributed by atoms with Crippen molar-refractivity contribution >= 4 is 23.8 Å². The fourth-order valence-corrected chi connectivity index (χ4v) is 5.41. The van der Waals surface area contributed by atoms with Gasteiger partial charge in [0.05, 0.1) is 0 Å². The monoisotopic (exact) mass is 236 g/mol. The smallest absolute Gasteiger partial charge is 0.246 e. The molecule has 0 saturated heterocycles. The first kappa shape index (κ1) is 14.2. The Bertz CT molecular complexity index is 204. The van der Waals surface area contributed by atoms with E-state index in [1.165, 1.54) is 0 Å². The first-order valence-electron chi connectivity index (χ1n) is 5.27. The van der Waals surface area contributed by atoms with E-state index in [1.54, 1.807) is 6.26 Å². The summed E-state index contributed by atoms with van der Waals surface area (Å²) >= 11 is 1.13. The minimum atomic E-state index is -2.52. The summed E-state index contributed by atoms with van der Waals surface area (Å²) < 4.78 is 12.3. The van der Waals surface area contributed by atoms with Gasteiger partial charge in [-0.1, -0.05) is 38.5 Å². The first-order chi connectivity index (χ1) is 6.60. The van der Waals surface area contributed by atoms with Crippen molar-refractivity contribution in [3.63, 3.8) is 0 Å². The van der Waals surface area contributed by atoms with Gasteiger partial charge in [0.15, 0.2) is 7.14 Å². The molecule has 0 aromatic carbocycles. The van der Waals surface area contributed by atoms with E-state index >= 15 is 0 Å². The maximum Gasteiger partial charge on any atom is 0.246 e. The topological polar surface area (TPSA) is 34.1 Å². The zero-order valence-corrected chi connectivity index (χ0v) is 11.1. The molecule has 84 valence electrons. The van der Waals surface area contributed by atoms with Crippen molar-refractivity contribution in [3.8, 4) is 0 Å². The van der Waals surface area contributed by atoms with E-state index in [4.69, 9.17) is 0 Å². The second-order valence-corrected chi connectivity index (χ2v) is 7.67. The van der Waals surface area contributed by atoms with Gasteiger partial charge in [0.1, 0.15) is 0 Å². The molecule has 0 aromatic heterocycles. The Morgan fingerprint density at radius 3 is 1.86 bits per heavy atom. The zero-order valence-electron chi connectivity index (χ0n) is 9.41. The average Bonchev–Trinajstić information content (AvgIpc) is 2.22. The number of hydrogen-bond acceptors (Lipinski definition) is 3. The first-order valence-corrected chi connectivity index (χ1v) is 8.57. The average molecular weight is 236 g/mol. The Labute approximate surface area is 91.6 Å². The van der Waals surface area contributed by atoms with Crippen molar-refractivity contribution in [2.24, 2.45) is 0 Å². The highest BCUT2D eigenvalue weighted by molar-refractivity contribution is 8.26. The molecule has 2 nitrogen and oxygen atoms in total. The summed E-state index contributed by atoms with van der Waals surface area (Å²) in [6.07, 6.45) is 6.80. The minimum Gasteiger partial charge on any atom is -0.315 e. The highest BCUT2D eigenvalue weighted by Crippen LogP contribution is 2.51. The van der Waals surface area contributed by atoms with Crippen LogP contribution >= 0.6 is 18.9 Å². The maximum absolute atomic E-state index is 12.3. The lowest BCUT2D eigenvalue weighted by atomic mass is 10.4. The molecule has 0 unspecified atom stereocenters. The van der Waals surface area contributed by atoms with E-state index in [-0.39, 0.29) is 4.86 Å². The molecule has 0 aliphatic carbocycles. The molecule has 14 heavy (non-hydrogen) atoms. The molecular formula is C10H21O2PS. The number of carbonyl (C=O) groups excluding carboxylic acids is 1. The highest BCUT2D eigenvalue weighted by Gasteiger charge is 2.28. The zero-order chi connectivity index (χ0) is 11.0. The second-order valence-electron chi connectivity index (χ2n) is 3.51. The minimum absolute atomic E-state index is 0.0700. The number of thioether (sulfide) groups is 1. The Hall–Kier alpha value is 0.250. The van der Waals surface area contributed by atoms with Crippen LogP contribution in [0.3, 0.4) is 0 Å². The largest absolute Gasteiger partial charge is 0.315 e. The molecule has 0 radical (unpaired) electrons. The molecule has 0 N–H and O–H groups in total. The molecule has 0 atom stereocenters. The van der Waals surface area contributed by atoms with Crippen LogP contribution in [0.4, 0.5) is 4.79 Å². The van der Waals surface area contributed by atoms with Crippen molar-refractivity contribution in [2.75, 3.05) is 18.6 Å². The Morgan fingerprint density at radius 2 is 1.57 bits per heavy atom. The normalized spacial score (nSPS) is 11.6. The van der Waals surface area contributed by atoms with Gasteiger partial charge in [-0.05, 0) is 19.1 Å². The predicted molar refractivity (Wildman–Crippen MR) is 66.1 cm³/mol. The van der Waals surface area contributed by atoms with E-state index in [0.717, 1.165) is 37.4 Å². The maximum atomic E-state index is 12.3. The van der Waals surface area contributed by atoms with Gasteiger partial charge in [0.2, 0.25) is 4.86 Å². The molecule has 0 rings (SSSR count). The Balaban J connectivity index is 4.33. The standard InChI is InChI=1S/C10H21O2PS/c1-4-6-8-13(12,9-7-5-2)10(11)14-3/h4-9H2,1-3H3. The summed E-state index contributed by atoms with van der Waals surface area (Å²) in [6, 6.07) is 0. The molecule has 0 amide bonds. The molecule has 0 aliphatic heterocycles. The second kappa shape index (κ2) is 7.53. The number of hydrogen-bond donors (Lipinski definition) is 0. The van der Waals surface area contributed by atoms with E-state index < -0.39 is 7.14 Å². The van der Waals surface area contributed by atoms with Crippen LogP contribution in [0.1, 0.15) is 39.5 Å². The molecule has 0 aromatic rings. The van der Waals surface area contributed by atoms with Crippen LogP contribution in [0.25, 0.3) is 0 Å². The lowest BCUT2D eigenvalue weighted by Gasteiger charge is -2.14. The predicted octanol–water partition coefficient (Wildman–Crippen LogP) is 4.43. The molecule has 0 heterocycles. The van der Waals surface area contributed by atoms with Crippen LogP contribution in [0.2, 0.25) is 0 Å². The molecule has 0 spiro atoms. The molecule has 4 heteroatoms. The molecule has 0 aliphatic rings. The van der Waals surface area contributed by atoms with Gasteiger partial charge in [-0.2, -0.15) is 0 Å². The molecule has 0 bridgehead atoms. The van der Waals surface area contributed by atoms with Crippen LogP contribution in [-0.4, -0.2) is 23.4 Å². The van der Waals surface area contributed by atoms with Gasteiger partial charge in [-0.3, -0.25) is 4.79 Å². The van der Waals surface area contributed by atoms with Crippen LogP contribution in [-0.2, 0) is 4.57 Å². The number of carbonyl (C=O) groups is 1. The van der Waals surface area contributed by atoms with Crippen molar-refractivity contribution in [1.29, 1.82) is 0 Å². The van der Waals surface area contributed by atoms with Gasteiger partial charge >= 0.3 is 0 Å². The van der Waals surface area contributed by atoms with Crippen molar-refractivity contribution in [3.05, 3.63) is 0 Å². The fourth-order valence-electron chi connectivity index (χ4n) is 1.29. The summed E-state index contributed by atoms with van der Waals surface area (Å²) in [7, 11) is -2.52. The van der Waals surface area contributed by atoms with Crippen molar-refractivity contribution in [2.45, 2.75) is 39.5 Å². The summed E-state index contributed by atoms with van der Waals surface area (Å²) in [5, 5.41) is 0. The third-order valence-electron chi connectivity index (χ3n) is 2.25. The number of rotatable bonds is 7. The third-order valence-corrected chi connectivity index (χ3v) is 6.89. The van der Waals surface area contributed by atoms with Crippen LogP contribution in [0.5, 0.6) is 0 Å². The lowest BCUT2D eigenvalue weighted by Crippen LogP contribution is -2.02. The van der Waals surface area contributed by atoms with Crippen LogP contribution < -0.4 is 0 Å². The fraction of sp³-hybridized carbons (Fsp3) is 0.900. The Morgan fingerprint density at radius 1 is 1.14 bits per heavy atom. The van der Waals surface area contributed by atoms with Gasteiger partial charge in [-0.15, -0.1) is 0 Å². The SMILES string of the molecule is CCCCP(=O)(CCCC)C(=O)SC. The molecule has 0 saturated carbocycles. The van der Waals surface area contributed by atoms with E-state index in [0.29, 0.717) is 12.3 Å². The van der Waals surface area contributed by atoms with E-state index in [2.05, 4.69) is 13.8 Å². The van der Waals surface area contributed by atoms with Crippen LogP contribution in [0, 0.1) is 0 Å². The Kier molecular flexibility index (Phi) is 7.66. The molecule has 0 fully saturated rings. The highest BCUT2D eigenvalue weighted by atomic mass is 32.2. The summed E-state index contributed by atoms with van der Waals surface area (Å²) in [6.45, 7) is 4.13. The summed E-state index contributed by atoms with van der Waals surface area (Å²) in [5.41, 5.74) is 0. The van der Waals surface area contributed by atoms with E-state index in [1.807, 2.05) is 0 Å². The van der Waals surface area contributed by atoms with Gasteiger partial charge in [-0.25, -0.2) is 0 Å². The van der Waals surface area contributed by atoms with Crippen LogP contribution in [0.15, 0.2) is 0 Å². The van der Waals surface area contributed by atoms with Crippen molar-refractivity contribution < 1.29 is 9.36 Å². The van der Waals surface area contributed by atoms with Gasteiger partial charge < -0.3 is 4.57 Å².